The number of hydrogen-bond acceptors (Lipinski definition) is 6. The van der Waals surface area contributed by atoms with Crippen LogP contribution in [0.15, 0.2) is 29.4 Å². The molecule has 1 aromatic carbocycles. The van der Waals surface area contributed by atoms with Crippen LogP contribution in [0.25, 0.3) is 0 Å². The molecule has 0 saturated heterocycles. The molecule has 0 aliphatic carbocycles. The second kappa shape index (κ2) is 9.38. The fraction of sp³-hybridized carbons (Fsp3) is 0.444. The lowest BCUT2D eigenvalue weighted by Crippen LogP contribution is -2.22. The summed E-state index contributed by atoms with van der Waals surface area (Å²) in [5, 5.41) is 10.1. The third-order valence-corrected chi connectivity index (χ3v) is 4.39. The van der Waals surface area contributed by atoms with Gasteiger partial charge in [0.1, 0.15) is 5.82 Å². The molecule has 2 N–H and O–H groups in total. The van der Waals surface area contributed by atoms with Gasteiger partial charge in [-0.25, -0.2) is 9.78 Å². The number of esters is 1. The largest absolute Gasteiger partial charge is 0.462 e. The molecule has 0 radical (unpaired) electrons. The van der Waals surface area contributed by atoms with Gasteiger partial charge in [0.25, 0.3) is 0 Å². The van der Waals surface area contributed by atoms with Crippen molar-refractivity contribution in [2.75, 3.05) is 11.9 Å². The first-order chi connectivity index (χ1) is 12.4. The highest BCUT2D eigenvalue weighted by molar-refractivity contribution is 8.00. The van der Waals surface area contributed by atoms with E-state index in [1.165, 1.54) is 11.8 Å². The molecule has 8 heteroatoms. The first-order valence-corrected chi connectivity index (χ1v) is 9.43. The molecule has 2 aromatic rings. The average molecular weight is 376 g/mol. The van der Waals surface area contributed by atoms with Gasteiger partial charge in [-0.3, -0.25) is 9.89 Å². The van der Waals surface area contributed by atoms with Crippen LogP contribution in [0.5, 0.6) is 0 Å². The number of ether oxygens (including phenoxy) is 1. The van der Waals surface area contributed by atoms with Crippen LogP contribution in [0.2, 0.25) is 0 Å². The average Bonchev–Trinajstić information content (AvgIpc) is 3.01. The van der Waals surface area contributed by atoms with Crippen molar-refractivity contribution in [3.8, 4) is 0 Å². The Balaban J connectivity index is 1.90. The summed E-state index contributed by atoms with van der Waals surface area (Å²) in [6.45, 7) is 8.10. The normalized spacial score (nSPS) is 12.0. The van der Waals surface area contributed by atoms with E-state index in [9.17, 15) is 9.59 Å². The summed E-state index contributed by atoms with van der Waals surface area (Å²) < 4.78 is 4.93. The number of carbonyl (C=O) groups excluding carboxylic acids is 2. The highest BCUT2D eigenvalue weighted by Crippen LogP contribution is 2.21. The molecular formula is C18H24N4O3S. The maximum absolute atomic E-state index is 12.3. The number of aromatic nitrogens is 3. The zero-order valence-electron chi connectivity index (χ0n) is 15.4. The van der Waals surface area contributed by atoms with Crippen LogP contribution in [-0.4, -0.2) is 38.9 Å². The monoisotopic (exact) mass is 376 g/mol. The fourth-order valence-corrected chi connectivity index (χ4v) is 2.91. The zero-order chi connectivity index (χ0) is 19.1. The summed E-state index contributed by atoms with van der Waals surface area (Å²) in [6.07, 6.45) is 0.820. The maximum atomic E-state index is 12.3. The van der Waals surface area contributed by atoms with E-state index in [1.807, 2.05) is 0 Å². The number of amides is 1. The number of nitrogens with zero attached hydrogens (tertiary/aromatic N) is 2. The molecule has 7 nitrogen and oxygen atoms in total. The number of rotatable bonds is 8. The molecule has 0 saturated carbocycles. The third-order valence-electron chi connectivity index (χ3n) is 3.43. The molecule has 0 spiro atoms. The minimum absolute atomic E-state index is 0.158. The van der Waals surface area contributed by atoms with E-state index in [4.69, 9.17) is 4.74 Å². The minimum Gasteiger partial charge on any atom is -0.462 e. The molecule has 0 aliphatic heterocycles. The van der Waals surface area contributed by atoms with Gasteiger partial charge in [0.2, 0.25) is 11.1 Å². The highest BCUT2D eigenvalue weighted by atomic mass is 32.2. The summed E-state index contributed by atoms with van der Waals surface area (Å²) >= 11 is 1.29. The van der Waals surface area contributed by atoms with Crippen LogP contribution in [-0.2, 0) is 16.0 Å². The Kier molecular flexibility index (Phi) is 7.20. The van der Waals surface area contributed by atoms with Gasteiger partial charge in [-0.05, 0) is 44.0 Å². The maximum Gasteiger partial charge on any atom is 0.338 e. The third kappa shape index (κ3) is 5.87. The van der Waals surface area contributed by atoms with Gasteiger partial charge >= 0.3 is 5.97 Å². The van der Waals surface area contributed by atoms with Crippen LogP contribution < -0.4 is 5.32 Å². The molecule has 1 unspecified atom stereocenters. The van der Waals surface area contributed by atoms with Crippen LogP contribution in [0.3, 0.4) is 0 Å². The Labute approximate surface area is 157 Å². The molecule has 1 amide bonds. The number of anilines is 1. The Morgan fingerprint density at radius 3 is 2.54 bits per heavy atom. The number of thioether (sulfide) groups is 1. The molecular weight excluding hydrogens is 352 g/mol. The van der Waals surface area contributed by atoms with Crippen molar-refractivity contribution in [3.63, 3.8) is 0 Å². The summed E-state index contributed by atoms with van der Waals surface area (Å²) in [6, 6.07) is 6.60. The highest BCUT2D eigenvalue weighted by Gasteiger charge is 2.18. The van der Waals surface area contributed by atoms with Gasteiger partial charge in [-0.2, -0.15) is 0 Å². The van der Waals surface area contributed by atoms with Gasteiger partial charge < -0.3 is 10.1 Å². The van der Waals surface area contributed by atoms with E-state index in [-0.39, 0.29) is 17.1 Å². The van der Waals surface area contributed by atoms with E-state index < -0.39 is 0 Å². The number of carbonyl (C=O) groups is 2. The Morgan fingerprint density at radius 1 is 1.23 bits per heavy atom. The van der Waals surface area contributed by atoms with Gasteiger partial charge in [-0.15, -0.1) is 5.10 Å². The van der Waals surface area contributed by atoms with Crippen LogP contribution in [0.1, 0.15) is 43.9 Å². The molecule has 26 heavy (non-hydrogen) atoms. The van der Waals surface area contributed by atoms with E-state index >= 15 is 0 Å². The first kappa shape index (κ1) is 20.0. The van der Waals surface area contributed by atoms with Crippen molar-refractivity contribution >= 4 is 29.3 Å². The number of hydrogen-bond donors (Lipinski definition) is 2. The molecule has 140 valence electrons. The second-order valence-corrected chi connectivity index (χ2v) is 7.52. The van der Waals surface area contributed by atoms with E-state index in [0.29, 0.717) is 28.9 Å². The quantitative estimate of drug-likeness (QED) is 0.542. The summed E-state index contributed by atoms with van der Waals surface area (Å²) in [5.41, 5.74) is 1.07. The van der Waals surface area contributed by atoms with Gasteiger partial charge in [0.15, 0.2) is 0 Å². The van der Waals surface area contributed by atoms with Crippen molar-refractivity contribution in [2.45, 2.75) is 44.5 Å². The zero-order valence-corrected chi connectivity index (χ0v) is 16.2. The molecule has 1 aromatic heterocycles. The van der Waals surface area contributed by atoms with Gasteiger partial charge in [0, 0.05) is 12.1 Å². The van der Waals surface area contributed by atoms with E-state index in [1.54, 1.807) is 38.1 Å². The van der Waals surface area contributed by atoms with Crippen molar-refractivity contribution in [1.29, 1.82) is 0 Å². The Hall–Kier alpha value is -2.35. The van der Waals surface area contributed by atoms with Crippen molar-refractivity contribution in [3.05, 3.63) is 35.7 Å². The van der Waals surface area contributed by atoms with E-state index in [0.717, 1.165) is 12.2 Å². The number of benzene rings is 1. The standard InChI is InChI=1S/C18H24N4O3S/c1-5-25-17(24)13-6-8-14(9-7-13)19-16(23)12(4)26-18-20-15(21-22-18)10-11(2)3/h6-9,11-12H,5,10H2,1-4H3,(H,19,23)(H,20,21,22). The second-order valence-electron chi connectivity index (χ2n) is 6.21. The molecule has 0 fully saturated rings. The lowest BCUT2D eigenvalue weighted by atomic mass is 10.1. The summed E-state index contributed by atoms with van der Waals surface area (Å²) in [4.78, 5) is 28.4. The lowest BCUT2D eigenvalue weighted by molar-refractivity contribution is -0.115. The topological polar surface area (TPSA) is 97.0 Å². The molecule has 0 bridgehead atoms. The van der Waals surface area contributed by atoms with Crippen LogP contribution >= 0.6 is 11.8 Å². The Morgan fingerprint density at radius 2 is 1.92 bits per heavy atom. The molecule has 1 heterocycles. The predicted octanol–water partition coefficient (Wildman–Crippen LogP) is 3.30. The van der Waals surface area contributed by atoms with E-state index in [2.05, 4.69) is 34.3 Å². The number of aromatic amines is 1. The Bertz CT molecular complexity index is 743. The van der Waals surface area contributed by atoms with Crippen LogP contribution in [0, 0.1) is 5.92 Å². The van der Waals surface area contributed by atoms with Gasteiger partial charge in [0.05, 0.1) is 17.4 Å². The number of H-pyrrole nitrogens is 1. The van der Waals surface area contributed by atoms with Crippen molar-refractivity contribution in [2.24, 2.45) is 5.92 Å². The molecule has 2 rings (SSSR count). The number of nitrogens with one attached hydrogen (secondary N) is 2. The van der Waals surface area contributed by atoms with Crippen molar-refractivity contribution in [1.82, 2.24) is 15.2 Å². The van der Waals surface area contributed by atoms with Crippen molar-refractivity contribution < 1.29 is 14.3 Å². The first-order valence-electron chi connectivity index (χ1n) is 8.55. The minimum atomic E-state index is -0.379. The SMILES string of the molecule is CCOC(=O)c1ccc(NC(=O)C(C)Sc2n[nH]c(CC(C)C)n2)cc1. The summed E-state index contributed by atoms with van der Waals surface area (Å²) in [5.74, 6) is 0.772. The fourth-order valence-electron chi connectivity index (χ4n) is 2.17. The van der Waals surface area contributed by atoms with Crippen LogP contribution in [0.4, 0.5) is 5.69 Å². The smallest absolute Gasteiger partial charge is 0.338 e. The predicted molar refractivity (Wildman–Crippen MR) is 101 cm³/mol. The lowest BCUT2D eigenvalue weighted by Gasteiger charge is -2.10. The molecule has 1 atom stereocenters. The summed E-state index contributed by atoms with van der Waals surface area (Å²) in [7, 11) is 0. The molecule has 0 aliphatic rings. The van der Waals surface area contributed by atoms with Gasteiger partial charge in [-0.1, -0.05) is 25.6 Å².